The summed E-state index contributed by atoms with van der Waals surface area (Å²) < 4.78 is 44.0. The Morgan fingerprint density at radius 2 is 1.88 bits per heavy atom. The molecule has 0 fully saturated rings. The first-order valence-corrected chi connectivity index (χ1v) is 10.9. The molecule has 1 aromatic carbocycles. The van der Waals surface area contributed by atoms with E-state index in [2.05, 4.69) is 0 Å². The number of alkyl halides is 3. The lowest BCUT2D eigenvalue weighted by atomic mass is 10.2. The van der Waals surface area contributed by atoms with Crippen LogP contribution in [0.5, 0.6) is 0 Å². The molecule has 1 aromatic heterocycles. The van der Waals surface area contributed by atoms with Crippen molar-refractivity contribution in [2.24, 2.45) is 0 Å². The lowest BCUT2D eigenvalue weighted by Gasteiger charge is -2.13. The molecule has 0 saturated carbocycles. The van der Waals surface area contributed by atoms with Crippen LogP contribution in [0.2, 0.25) is 10.0 Å². The lowest BCUT2D eigenvalue weighted by molar-refractivity contribution is -0.141. The maximum atomic E-state index is 13.0. The fraction of sp³-hybridized carbons (Fsp3) is 0.154. The van der Waals surface area contributed by atoms with Crippen molar-refractivity contribution in [1.29, 1.82) is 0 Å². The van der Waals surface area contributed by atoms with Crippen molar-refractivity contribution in [1.82, 2.24) is 4.98 Å². The summed E-state index contributed by atoms with van der Waals surface area (Å²) in [5.41, 5.74) is -1.96. The topological polar surface area (TPSA) is 42.1 Å². The van der Waals surface area contributed by atoms with Gasteiger partial charge in [0.15, 0.2) is 0 Å². The third-order valence-electron chi connectivity index (χ3n) is 2.78. The van der Waals surface area contributed by atoms with E-state index in [1.54, 1.807) is 18.2 Å². The summed E-state index contributed by atoms with van der Waals surface area (Å²) in [6, 6.07) is 5.58. The van der Waals surface area contributed by atoms with Crippen molar-refractivity contribution < 1.29 is 17.4 Å². The third kappa shape index (κ3) is 4.98. The van der Waals surface area contributed by atoms with Crippen LogP contribution in [0.4, 0.5) is 13.2 Å². The van der Waals surface area contributed by atoms with Gasteiger partial charge in [0.2, 0.25) is 0 Å². The summed E-state index contributed by atoms with van der Waals surface area (Å²) in [6.07, 6.45) is -4.68. The number of rotatable bonds is 5. The van der Waals surface area contributed by atoms with Crippen LogP contribution < -0.4 is 5.56 Å². The Hall–Kier alpha value is -0.0700. The number of hydrogen-bond acceptors (Lipinski definition) is 4. The second kappa shape index (κ2) is 8.54. The summed E-state index contributed by atoms with van der Waals surface area (Å²) in [5, 5.41) is 0.549. The molecule has 0 spiro atoms. The molecular formula is C13H7Cl2F3INO2S2. The summed E-state index contributed by atoms with van der Waals surface area (Å²) in [5.74, 6) is 0. The van der Waals surface area contributed by atoms with Crippen molar-refractivity contribution in [2.75, 3.05) is 0 Å². The number of pyridine rings is 1. The molecule has 2 rings (SSSR count). The highest BCUT2D eigenvalue weighted by Crippen LogP contribution is 2.41. The molecule has 0 aliphatic heterocycles. The molecule has 3 nitrogen and oxygen atoms in total. The average Bonchev–Trinajstić information content (AvgIpc) is 2.49. The zero-order chi connectivity index (χ0) is 17.9. The SMILES string of the molecule is O=c1[nH]c(C(F)(F)F)cc(Sc2c(Cl)cccc2Cl)c1COSI. The smallest absolute Gasteiger partial charge is 0.318 e. The summed E-state index contributed by atoms with van der Waals surface area (Å²) >= 11 is 14.8. The highest BCUT2D eigenvalue weighted by atomic mass is 127. The number of aromatic amines is 1. The van der Waals surface area contributed by atoms with Crippen LogP contribution in [-0.2, 0) is 17.0 Å². The Balaban J connectivity index is 2.56. The van der Waals surface area contributed by atoms with Gasteiger partial charge in [-0.1, -0.05) is 41.0 Å². The average molecular weight is 528 g/mol. The molecule has 0 saturated heterocycles. The van der Waals surface area contributed by atoms with E-state index < -0.39 is 17.4 Å². The molecule has 1 heterocycles. The van der Waals surface area contributed by atoms with E-state index in [1.807, 2.05) is 26.2 Å². The van der Waals surface area contributed by atoms with Gasteiger partial charge in [-0.25, -0.2) is 0 Å². The van der Waals surface area contributed by atoms with Crippen LogP contribution in [0.15, 0.2) is 38.9 Å². The molecule has 11 heteroatoms. The second-order valence-corrected chi connectivity index (χ2v) is 7.64. The van der Waals surface area contributed by atoms with Gasteiger partial charge in [-0.3, -0.25) is 4.79 Å². The van der Waals surface area contributed by atoms with Gasteiger partial charge in [0.05, 0.1) is 31.4 Å². The van der Waals surface area contributed by atoms with Gasteiger partial charge in [-0.2, -0.15) is 13.2 Å². The molecule has 0 atom stereocenters. The molecule has 130 valence electrons. The maximum absolute atomic E-state index is 13.0. The number of hydrogen-bond donors (Lipinski definition) is 1. The monoisotopic (exact) mass is 527 g/mol. The number of benzene rings is 1. The van der Waals surface area contributed by atoms with Gasteiger partial charge in [-0.05, 0) is 18.2 Å². The van der Waals surface area contributed by atoms with Gasteiger partial charge in [-0.15, -0.1) is 0 Å². The van der Waals surface area contributed by atoms with Crippen LogP contribution in [0.1, 0.15) is 11.3 Å². The van der Waals surface area contributed by atoms with E-state index in [-0.39, 0.29) is 27.1 Å². The number of nitrogens with one attached hydrogen (secondary N) is 1. The Morgan fingerprint density at radius 3 is 2.42 bits per heavy atom. The Labute approximate surface area is 165 Å². The molecule has 0 amide bonds. The first-order chi connectivity index (χ1) is 11.2. The van der Waals surface area contributed by atoms with Crippen LogP contribution >= 0.6 is 65.4 Å². The fourth-order valence-corrected chi connectivity index (χ4v) is 3.89. The van der Waals surface area contributed by atoms with E-state index in [9.17, 15) is 18.0 Å². The van der Waals surface area contributed by atoms with Crippen LogP contribution in [0.3, 0.4) is 0 Å². The van der Waals surface area contributed by atoms with Crippen molar-refractivity contribution in [3.05, 3.63) is 55.9 Å². The normalized spacial score (nSPS) is 11.8. The standard InChI is InChI=1S/C13H7Cl2F3INO2S2/c14-7-2-1-3-8(15)11(7)23-9-4-10(13(16,17)18)20-12(21)6(9)5-22-24-19/h1-4H,5H2,(H,20,21). The van der Waals surface area contributed by atoms with Gasteiger partial charge >= 0.3 is 6.18 Å². The molecule has 0 radical (unpaired) electrons. The highest BCUT2D eigenvalue weighted by molar-refractivity contribution is 14.2. The first kappa shape index (κ1) is 20.2. The number of aromatic nitrogens is 1. The highest BCUT2D eigenvalue weighted by Gasteiger charge is 2.33. The quantitative estimate of drug-likeness (QED) is 0.362. The maximum Gasteiger partial charge on any atom is 0.431 e. The second-order valence-electron chi connectivity index (χ2n) is 4.33. The van der Waals surface area contributed by atoms with Crippen LogP contribution in [-0.4, -0.2) is 4.98 Å². The van der Waals surface area contributed by atoms with Gasteiger partial charge in [0.1, 0.15) is 5.69 Å². The first-order valence-electron chi connectivity index (χ1n) is 6.09. The molecule has 2 aromatic rings. The fourth-order valence-electron chi connectivity index (χ4n) is 1.72. The van der Waals surface area contributed by atoms with E-state index in [0.717, 1.165) is 27.0 Å². The van der Waals surface area contributed by atoms with E-state index >= 15 is 0 Å². The molecule has 0 aliphatic carbocycles. The van der Waals surface area contributed by atoms with Gasteiger partial charge in [0, 0.05) is 31.0 Å². The number of halogens is 6. The van der Waals surface area contributed by atoms with Gasteiger partial charge < -0.3 is 9.17 Å². The largest absolute Gasteiger partial charge is 0.431 e. The molecule has 0 unspecified atom stereocenters. The van der Waals surface area contributed by atoms with Crippen molar-refractivity contribution in [2.45, 2.75) is 22.6 Å². The van der Waals surface area contributed by atoms with Crippen molar-refractivity contribution >= 4 is 65.4 Å². The van der Waals surface area contributed by atoms with Crippen molar-refractivity contribution in [3.8, 4) is 0 Å². The molecule has 0 aliphatic rings. The van der Waals surface area contributed by atoms with Gasteiger partial charge in [0.25, 0.3) is 5.56 Å². The Bertz CT molecular complexity index is 782. The minimum atomic E-state index is -4.68. The summed E-state index contributed by atoms with van der Waals surface area (Å²) in [4.78, 5) is 14.3. The minimum absolute atomic E-state index is 0.0631. The molecule has 0 bridgehead atoms. The van der Waals surface area contributed by atoms with E-state index in [1.165, 1.54) is 0 Å². The Kier molecular flexibility index (Phi) is 7.21. The van der Waals surface area contributed by atoms with Crippen molar-refractivity contribution in [3.63, 3.8) is 0 Å². The molecular weight excluding hydrogens is 521 g/mol. The predicted octanol–water partition coefficient (Wildman–Crippen LogP) is 6.37. The molecule has 24 heavy (non-hydrogen) atoms. The summed E-state index contributed by atoms with van der Waals surface area (Å²) in [7, 11) is 0.970. The zero-order valence-electron chi connectivity index (χ0n) is 11.4. The minimum Gasteiger partial charge on any atom is -0.318 e. The van der Waals surface area contributed by atoms with E-state index in [4.69, 9.17) is 27.4 Å². The summed E-state index contributed by atoms with van der Waals surface area (Å²) in [6.45, 7) is -0.161. The van der Waals surface area contributed by atoms with Crippen LogP contribution in [0.25, 0.3) is 0 Å². The lowest BCUT2D eigenvalue weighted by Crippen LogP contribution is -2.21. The zero-order valence-corrected chi connectivity index (χ0v) is 16.7. The predicted molar refractivity (Wildman–Crippen MR) is 99.0 cm³/mol. The van der Waals surface area contributed by atoms with E-state index in [0.29, 0.717) is 4.90 Å². The number of H-pyrrole nitrogens is 1. The Morgan fingerprint density at radius 1 is 1.25 bits per heavy atom. The molecule has 1 N–H and O–H groups in total. The van der Waals surface area contributed by atoms with Crippen LogP contribution in [0, 0.1) is 0 Å². The third-order valence-corrected chi connectivity index (χ3v) is 5.83.